The Hall–Kier alpha value is -0.870. The van der Waals surface area contributed by atoms with Gasteiger partial charge in [0, 0.05) is 6.42 Å². The van der Waals surface area contributed by atoms with Crippen molar-refractivity contribution in [3.8, 4) is 0 Å². The van der Waals surface area contributed by atoms with Crippen molar-refractivity contribution < 1.29 is 15.0 Å². The van der Waals surface area contributed by atoms with E-state index in [1.165, 1.54) is 186 Å². The molecule has 0 fully saturated rings. The number of nitrogens with one attached hydrogen (secondary N) is 1. The maximum Gasteiger partial charge on any atom is 0.220 e. The van der Waals surface area contributed by atoms with Crippen LogP contribution in [-0.4, -0.2) is 34.9 Å². The minimum Gasteiger partial charge on any atom is -0.394 e. The summed E-state index contributed by atoms with van der Waals surface area (Å²) in [5.74, 6) is -0.0451. The lowest BCUT2D eigenvalue weighted by Crippen LogP contribution is -2.45. The zero-order chi connectivity index (χ0) is 35.7. The van der Waals surface area contributed by atoms with Gasteiger partial charge in [0.1, 0.15) is 0 Å². The number of aliphatic hydroxyl groups excluding tert-OH is 2. The number of hydrogen-bond donors (Lipinski definition) is 3. The molecule has 0 spiro atoms. The number of amides is 1. The van der Waals surface area contributed by atoms with Gasteiger partial charge in [-0.2, -0.15) is 0 Å². The van der Waals surface area contributed by atoms with Crippen LogP contribution in [0.15, 0.2) is 12.2 Å². The first-order chi connectivity index (χ1) is 24.2. The summed E-state index contributed by atoms with van der Waals surface area (Å²) in [6, 6.07) is -0.540. The van der Waals surface area contributed by atoms with Gasteiger partial charge >= 0.3 is 0 Å². The van der Waals surface area contributed by atoms with Crippen LogP contribution in [0.5, 0.6) is 0 Å². The fourth-order valence-electron chi connectivity index (χ4n) is 7.06. The molecule has 0 aliphatic rings. The lowest BCUT2D eigenvalue weighted by Gasteiger charge is -2.22. The summed E-state index contributed by atoms with van der Waals surface area (Å²) in [7, 11) is 0. The highest BCUT2D eigenvalue weighted by Crippen LogP contribution is 2.17. The van der Waals surface area contributed by atoms with Gasteiger partial charge in [0.25, 0.3) is 0 Å². The summed E-state index contributed by atoms with van der Waals surface area (Å²) in [6.07, 6.45) is 51.6. The van der Waals surface area contributed by atoms with Crippen LogP contribution >= 0.6 is 0 Å². The third-order valence-electron chi connectivity index (χ3n) is 10.5. The maximum atomic E-state index is 12.4. The Balaban J connectivity index is 3.46. The van der Waals surface area contributed by atoms with Crippen molar-refractivity contribution in [1.29, 1.82) is 0 Å². The number of rotatable bonds is 41. The molecule has 4 nitrogen and oxygen atoms in total. The summed E-state index contributed by atoms with van der Waals surface area (Å²) in [5, 5.41) is 23.1. The molecule has 0 aromatic carbocycles. The molecule has 1 amide bonds. The molecule has 0 aliphatic heterocycles. The first-order valence-electron chi connectivity index (χ1n) is 22.4. The average Bonchev–Trinajstić information content (AvgIpc) is 3.10. The number of carbonyl (C=O) groups excluding carboxylic acids is 1. The summed E-state index contributed by atoms with van der Waals surface area (Å²) < 4.78 is 0. The highest BCUT2D eigenvalue weighted by molar-refractivity contribution is 5.76. The quantitative estimate of drug-likeness (QED) is 0.0441. The third-order valence-corrected chi connectivity index (χ3v) is 10.5. The molecule has 0 aromatic rings. The second kappa shape index (κ2) is 41.5. The summed E-state index contributed by atoms with van der Waals surface area (Å²) in [4.78, 5) is 12.4. The van der Waals surface area contributed by atoms with Crippen molar-refractivity contribution in [3.63, 3.8) is 0 Å². The molecule has 0 saturated heterocycles. The van der Waals surface area contributed by atoms with Crippen molar-refractivity contribution in [2.45, 2.75) is 264 Å². The van der Waals surface area contributed by atoms with Crippen LogP contribution < -0.4 is 5.32 Å². The van der Waals surface area contributed by atoms with Crippen LogP contribution in [0.25, 0.3) is 0 Å². The van der Waals surface area contributed by atoms with E-state index in [-0.39, 0.29) is 12.5 Å². The van der Waals surface area contributed by atoms with E-state index in [9.17, 15) is 15.0 Å². The van der Waals surface area contributed by atoms with Crippen LogP contribution in [-0.2, 0) is 4.79 Å². The van der Waals surface area contributed by atoms with Gasteiger partial charge in [-0.25, -0.2) is 0 Å². The van der Waals surface area contributed by atoms with Crippen LogP contribution in [0.2, 0.25) is 0 Å². The molecule has 0 rings (SSSR count). The summed E-state index contributed by atoms with van der Waals surface area (Å²) >= 11 is 0. The zero-order valence-corrected chi connectivity index (χ0v) is 33.5. The van der Waals surface area contributed by atoms with E-state index in [2.05, 4.69) is 31.3 Å². The van der Waals surface area contributed by atoms with Gasteiger partial charge in [-0.15, -0.1) is 0 Å². The van der Waals surface area contributed by atoms with E-state index >= 15 is 0 Å². The molecule has 2 unspecified atom stereocenters. The molecule has 0 bridgehead atoms. The summed E-state index contributed by atoms with van der Waals surface area (Å²) in [5.41, 5.74) is 0. The third kappa shape index (κ3) is 38.2. The van der Waals surface area contributed by atoms with Crippen molar-refractivity contribution in [2.24, 2.45) is 0 Å². The Morgan fingerprint density at radius 3 is 1.12 bits per heavy atom. The van der Waals surface area contributed by atoms with Gasteiger partial charge < -0.3 is 15.5 Å². The topological polar surface area (TPSA) is 69.6 Å². The zero-order valence-electron chi connectivity index (χ0n) is 33.5. The minimum atomic E-state index is -0.662. The molecule has 4 heteroatoms. The van der Waals surface area contributed by atoms with Crippen molar-refractivity contribution in [3.05, 3.63) is 12.2 Å². The molecular formula is C45H89NO3. The van der Waals surface area contributed by atoms with Crippen LogP contribution in [0.1, 0.15) is 251 Å². The van der Waals surface area contributed by atoms with E-state index in [4.69, 9.17) is 0 Å². The second-order valence-corrected chi connectivity index (χ2v) is 15.5. The number of allylic oxidation sites excluding steroid dienone is 2. The van der Waals surface area contributed by atoms with Crippen LogP contribution in [0.4, 0.5) is 0 Å². The Labute approximate surface area is 307 Å². The lowest BCUT2D eigenvalue weighted by molar-refractivity contribution is -0.123. The smallest absolute Gasteiger partial charge is 0.220 e. The number of hydrogen-bond acceptors (Lipinski definition) is 3. The van der Waals surface area contributed by atoms with E-state index in [0.29, 0.717) is 12.8 Å². The van der Waals surface area contributed by atoms with Gasteiger partial charge in [0.15, 0.2) is 0 Å². The largest absolute Gasteiger partial charge is 0.394 e. The Kier molecular flexibility index (Phi) is 40.8. The van der Waals surface area contributed by atoms with Crippen LogP contribution in [0.3, 0.4) is 0 Å². The van der Waals surface area contributed by atoms with Gasteiger partial charge in [-0.1, -0.05) is 219 Å². The number of aliphatic hydroxyl groups is 2. The molecule has 0 radical (unpaired) electrons. The van der Waals surface area contributed by atoms with E-state index in [0.717, 1.165) is 38.5 Å². The fraction of sp³-hybridized carbons (Fsp3) is 0.933. The van der Waals surface area contributed by atoms with Gasteiger partial charge in [0.05, 0.1) is 18.8 Å². The van der Waals surface area contributed by atoms with Gasteiger partial charge in [0.2, 0.25) is 5.91 Å². The van der Waals surface area contributed by atoms with Crippen molar-refractivity contribution >= 4 is 5.91 Å². The minimum absolute atomic E-state index is 0.0451. The van der Waals surface area contributed by atoms with E-state index < -0.39 is 12.1 Å². The summed E-state index contributed by atoms with van der Waals surface area (Å²) in [6.45, 7) is 4.36. The predicted molar refractivity (Wildman–Crippen MR) is 216 cm³/mol. The molecule has 0 heterocycles. The number of carbonyl (C=O) groups is 1. The molecule has 0 saturated carbocycles. The Morgan fingerprint density at radius 2 is 0.776 bits per heavy atom. The van der Waals surface area contributed by atoms with Crippen molar-refractivity contribution in [2.75, 3.05) is 6.61 Å². The molecule has 292 valence electrons. The first-order valence-corrected chi connectivity index (χ1v) is 22.4. The Bertz CT molecular complexity index is 666. The Morgan fingerprint density at radius 1 is 0.469 bits per heavy atom. The monoisotopic (exact) mass is 692 g/mol. The van der Waals surface area contributed by atoms with Gasteiger partial charge in [-0.3, -0.25) is 4.79 Å². The van der Waals surface area contributed by atoms with Crippen molar-refractivity contribution in [1.82, 2.24) is 5.32 Å². The van der Waals surface area contributed by atoms with Crippen LogP contribution in [0, 0.1) is 0 Å². The first kappa shape index (κ1) is 48.1. The SMILES string of the molecule is CCCCCCCC/C=C\CCCCCC(=O)NC(CO)C(O)CCCCCCCCCCCCCCCCCCCCCCCCCC. The van der Waals surface area contributed by atoms with E-state index in [1.54, 1.807) is 0 Å². The highest BCUT2D eigenvalue weighted by Gasteiger charge is 2.19. The molecule has 0 aliphatic carbocycles. The van der Waals surface area contributed by atoms with Gasteiger partial charge in [-0.05, 0) is 38.5 Å². The van der Waals surface area contributed by atoms with E-state index in [1.807, 2.05) is 0 Å². The predicted octanol–water partition coefficient (Wildman–Crippen LogP) is 13.9. The molecule has 0 aromatic heterocycles. The second-order valence-electron chi connectivity index (χ2n) is 15.5. The highest BCUT2D eigenvalue weighted by atomic mass is 16.3. The maximum absolute atomic E-state index is 12.4. The molecule has 49 heavy (non-hydrogen) atoms. The molecule has 3 N–H and O–H groups in total. The molecular weight excluding hydrogens is 602 g/mol. The fourth-order valence-corrected chi connectivity index (χ4v) is 7.06. The number of unbranched alkanes of at least 4 members (excludes halogenated alkanes) is 32. The average molecular weight is 692 g/mol. The molecule has 2 atom stereocenters. The lowest BCUT2D eigenvalue weighted by atomic mass is 10.0. The normalized spacial score (nSPS) is 13.0. The standard InChI is InChI=1S/C45H89NO3/c1-3-5-7-9-11-13-15-17-18-19-20-21-22-23-24-25-26-27-29-30-32-34-36-38-40-44(48)43(42-47)46-45(49)41-39-37-35-33-31-28-16-14-12-10-8-6-4-2/h28,31,43-44,47-48H,3-27,29-30,32-42H2,1-2H3,(H,46,49)/b31-28-.